The second-order valence-electron chi connectivity index (χ2n) is 7.00. The highest BCUT2D eigenvalue weighted by atomic mass is 35.5. The van der Waals surface area contributed by atoms with E-state index in [2.05, 4.69) is 11.4 Å². The summed E-state index contributed by atoms with van der Waals surface area (Å²) in [4.78, 5) is 12.5. The number of carbonyl (C=O) groups excluding carboxylic acids is 1. The maximum atomic E-state index is 12.5. The standard InChI is InChI=1S/C20H22ClNO2/c1-13-8-9-18-15(10-13)17(12-20(2,3)24-18)22-19(23)11-14-6-4-5-7-16(14)21/h4-10,17H,11-12H2,1-3H3,(H,22,23). The van der Waals surface area contributed by atoms with Gasteiger partial charge in [-0.1, -0.05) is 47.5 Å². The van der Waals surface area contributed by atoms with Crippen LogP contribution in [0.4, 0.5) is 0 Å². The maximum Gasteiger partial charge on any atom is 0.224 e. The third-order valence-corrected chi connectivity index (χ3v) is 4.64. The molecule has 0 bridgehead atoms. The number of amides is 1. The summed E-state index contributed by atoms with van der Waals surface area (Å²) in [5.74, 6) is 0.818. The fourth-order valence-electron chi connectivity index (χ4n) is 3.16. The molecule has 0 spiro atoms. The van der Waals surface area contributed by atoms with E-state index in [4.69, 9.17) is 16.3 Å². The van der Waals surface area contributed by atoms with Gasteiger partial charge in [-0.3, -0.25) is 4.79 Å². The molecule has 2 aromatic rings. The van der Waals surface area contributed by atoms with E-state index in [1.54, 1.807) is 6.07 Å². The van der Waals surface area contributed by atoms with E-state index in [9.17, 15) is 4.79 Å². The van der Waals surface area contributed by atoms with Gasteiger partial charge in [-0.05, 0) is 38.5 Å². The number of benzene rings is 2. The van der Waals surface area contributed by atoms with Crippen LogP contribution in [0.2, 0.25) is 5.02 Å². The summed E-state index contributed by atoms with van der Waals surface area (Å²) in [5.41, 5.74) is 2.72. The van der Waals surface area contributed by atoms with E-state index in [1.165, 1.54) is 0 Å². The SMILES string of the molecule is Cc1ccc2c(c1)C(NC(=O)Cc1ccccc1Cl)CC(C)(C)O2. The monoisotopic (exact) mass is 343 g/mol. The van der Waals surface area contributed by atoms with Crippen molar-refractivity contribution in [3.8, 4) is 5.75 Å². The van der Waals surface area contributed by atoms with Gasteiger partial charge < -0.3 is 10.1 Å². The number of fused-ring (bicyclic) bond motifs is 1. The number of aryl methyl sites for hydroxylation is 1. The molecule has 0 fully saturated rings. The van der Waals surface area contributed by atoms with Crippen molar-refractivity contribution in [2.45, 2.75) is 45.3 Å². The molecule has 1 aliphatic heterocycles. The molecule has 0 aliphatic carbocycles. The van der Waals surface area contributed by atoms with Crippen molar-refractivity contribution in [3.63, 3.8) is 0 Å². The summed E-state index contributed by atoms with van der Waals surface area (Å²) in [5, 5.41) is 3.78. The molecule has 0 saturated heterocycles. The minimum Gasteiger partial charge on any atom is -0.487 e. The highest BCUT2D eigenvalue weighted by Gasteiger charge is 2.34. The summed E-state index contributed by atoms with van der Waals surface area (Å²) in [6, 6.07) is 13.5. The zero-order valence-corrected chi connectivity index (χ0v) is 15.0. The molecule has 0 radical (unpaired) electrons. The summed E-state index contributed by atoms with van der Waals surface area (Å²) >= 11 is 6.16. The first-order valence-electron chi connectivity index (χ1n) is 8.16. The average molecular weight is 344 g/mol. The Bertz CT molecular complexity index is 770. The Morgan fingerprint density at radius 3 is 2.79 bits per heavy atom. The maximum absolute atomic E-state index is 12.5. The lowest BCUT2D eigenvalue weighted by Gasteiger charge is -2.38. The Morgan fingerprint density at radius 1 is 1.29 bits per heavy atom. The number of nitrogens with one attached hydrogen (secondary N) is 1. The highest BCUT2D eigenvalue weighted by molar-refractivity contribution is 6.31. The van der Waals surface area contributed by atoms with E-state index < -0.39 is 0 Å². The number of rotatable bonds is 3. The Kier molecular flexibility index (Phi) is 4.55. The molecule has 1 unspecified atom stereocenters. The second-order valence-corrected chi connectivity index (χ2v) is 7.40. The minimum atomic E-state index is -0.315. The molecule has 2 aromatic carbocycles. The van der Waals surface area contributed by atoms with Crippen molar-refractivity contribution in [2.24, 2.45) is 0 Å². The van der Waals surface area contributed by atoms with Crippen molar-refractivity contribution in [2.75, 3.05) is 0 Å². The molecule has 1 aliphatic rings. The molecule has 1 heterocycles. The fraction of sp³-hybridized carbons (Fsp3) is 0.350. The van der Waals surface area contributed by atoms with Crippen molar-refractivity contribution >= 4 is 17.5 Å². The Morgan fingerprint density at radius 2 is 2.04 bits per heavy atom. The van der Waals surface area contributed by atoms with Gasteiger partial charge in [0.05, 0.1) is 12.5 Å². The fourth-order valence-corrected chi connectivity index (χ4v) is 3.37. The summed E-state index contributed by atoms with van der Waals surface area (Å²) in [6.07, 6.45) is 1.01. The molecular formula is C20H22ClNO2. The molecular weight excluding hydrogens is 322 g/mol. The number of ether oxygens (including phenoxy) is 1. The van der Waals surface area contributed by atoms with Crippen LogP contribution in [0.5, 0.6) is 5.75 Å². The van der Waals surface area contributed by atoms with E-state index >= 15 is 0 Å². The molecule has 1 atom stereocenters. The number of hydrogen-bond acceptors (Lipinski definition) is 2. The zero-order chi connectivity index (χ0) is 17.3. The molecule has 3 nitrogen and oxygen atoms in total. The third-order valence-electron chi connectivity index (χ3n) is 4.27. The van der Waals surface area contributed by atoms with E-state index in [1.807, 2.05) is 51.1 Å². The van der Waals surface area contributed by atoms with Crippen molar-refractivity contribution in [3.05, 3.63) is 64.2 Å². The van der Waals surface area contributed by atoms with Crippen LogP contribution in [0, 0.1) is 6.92 Å². The molecule has 1 N–H and O–H groups in total. The van der Waals surface area contributed by atoms with Crippen LogP contribution < -0.4 is 10.1 Å². The number of carbonyl (C=O) groups is 1. The predicted molar refractivity (Wildman–Crippen MR) is 96.5 cm³/mol. The van der Waals surface area contributed by atoms with Gasteiger partial charge in [0.25, 0.3) is 0 Å². The van der Waals surface area contributed by atoms with Gasteiger partial charge in [0, 0.05) is 17.0 Å². The summed E-state index contributed by atoms with van der Waals surface area (Å²) in [6.45, 7) is 6.13. The van der Waals surface area contributed by atoms with Crippen LogP contribution in [-0.4, -0.2) is 11.5 Å². The van der Waals surface area contributed by atoms with Gasteiger partial charge in [0.15, 0.2) is 0 Å². The van der Waals surface area contributed by atoms with Gasteiger partial charge in [-0.25, -0.2) is 0 Å². The Hall–Kier alpha value is -2.00. The van der Waals surface area contributed by atoms with Crippen molar-refractivity contribution in [1.82, 2.24) is 5.32 Å². The van der Waals surface area contributed by atoms with Gasteiger partial charge in [-0.15, -0.1) is 0 Å². The molecule has 24 heavy (non-hydrogen) atoms. The quantitative estimate of drug-likeness (QED) is 0.883. The smallest absolute Gasteiger partial charge is 0.224 e. The Balaban J connectivity index is 1.80. The van der Waals surface area contributed by atoms with Gasteiger partial charge >= 0.3 is 0 Å². The van der Waals surface area contributed by atoms with Crippen LogP contribution in [0.1, 0.15) is 43.0 Å². The molecule has 0 aromatic heterocycles. The van der Waals surface area contributed by atoms with Crippen LogP contribution in [0.25, 0.3) is 0 Å². The van der Waals surface area contributed by atoms with Crippen molar-refractivity contribution in [1.29, 1.82) is 0 Å². The van der Waals surface area contributed by atoms with Crippen LogP contribution >= 0.6 is 11.6 Å². The lowest BCUT2D eigenvalue weighted by molar-refractivity contribution is -0.121. The van der Waals surface area contributed by atoms with Crippen molar-refractivity contribution < 1.29 is 9.53 Å². The third kappa shape index (κ3) is 3.73. The lowest BCUT2D eigenvalue weighted by Crippen LogP contribution is -2.41. The topological polar surface area (TPSA) is 38.3 Å². The number of hydrogen-bond donors (Lipinski definition) is 1. The van der Waals surface area contributed by atoms with Crippen LogP contribution in [0.15, 0.2) is 42.5 Å². The van der Waals surface area contributed by atoms with Gasteiger partial charge in [-0.2, -0.15) is 0 Å². The first-order chi connectivity index (χ1) is 11.3. The average Bonchev–Trinajstić information content (AvgIpc) is 2.49. The van der Waals surface area contributed by atoms with Gasteiger partial charge in [0.2, 0.25) is 5.91 Å². The molecule has 4 heteroatoms. The summed E-state index contributed by atoms with van der Waals surface area (Å²) < 4.78 is 6.05. The van der Waals surface area contributed by atoms with Crippen LogP contribution in [0.3, 0.4) is 0 Å². The first kappa shape index (κ1) is 16.8. The predicted octanol–water partition coefficient (Wildman–Crippen LogP) is 4.61. The largest absolute Gasteiger partial charge is 0.487 e. The van der Waals surface area contributed by atoms with E-state index in [-0.39, 0.29) is 24.0 Å². The normalized spacial score (nSPS) is 18.4. The zero-order valence-electron chi connectivity index (χ0n) is 14.2. The molecule has 1 amide bonds. The summed E-state index contributed by atoms with van der Waals surface area (Å²) in [7, 11) is 0. The minimum absolute atomic E-state index is 0.0294. The highest BCUT2D eigenvalue weighted by Crippen LogP contribution is 2.39. The Labute approximate surface area is 148 Å². The first-order valence-corrected chi connectivity index (χ1v) is 8.54. The lowest BCUT2D eigenvalue weighted by atomic mass is 9.89. The molecule has 3 rings (SSSR count). The number of halogens is 1. The van der Waals surface area contributed by atoms with E-state index in [0.29, 0.717) is 5.02 Å². The molecule has 0 saturated carbocycles. The molecule has 126 valence electrons. The van der Waals surface area contributed by atoms with Crippen LogP contribution in [-0.2, 0) is 11.2 Å². The van der Waals surface area contributed by atoms with E-state index in [0.717, 1.165) is 28.9 Å². The van der Waals surface area contributed by atoms with Gasteiger partial charge in [0.1, 0.15) is 11.4 Å². The second kappa shape index (κ2) is 6.48.